The molecule has 1 saturated heterocycles. The Hall–Kier alpha value is -0.450. The zero-order valence-corrected chi connectivity index (χ0v) is 11.7. The lowest BCUT2D eigenvalue weighted by Gasteiger charge is -2.33. The molecule has 0 radical (unpaired) electrons. The molecule has 1 N–H and O–H groups in total. The summed E-state index contributed by atoms with van der Waals surface area (Å²) >= 11 is 3.38. The van der Waals surface area contributed by atoms with E-state index in [1.807, 2.05) is 20.0 Å². The molecule has 1 heterocycles. The molecule has 1 aliphatic rings. The fraction of sp³-hybridized carbons (Fsp3) is 0.538. The van der Waals surface area contributed by atoms with Crippen molar-refractivity contribution in [3.05, 3.63) is 34.1 Å². The summed E-state index contributed by atoms with van der Waals surface area (Å²) in [5, 5.41) is 3.18. The van der Waals surface area contributed by atoms with Crippen molar-refractivity contribution in [3.63, 3.8) is 0 Å². The van der Waals surface area contributed by atoms with E-state index in [2.05, 4.69) is 21.2 Å². The van der Waals surface area contributed by atoms with E-state index < -0.39 is 0 Å². The molecule has 1 aromatic carbocycles. The van der Waals surface area contributed by atoms with E-state index in [0.29, 0.717) is 5.56 Å². The number of ether oxygens (including phenoxy) is 1. The molecule has 0 spiro atoms. The molecule has 0 aliphatic carbocycles. The molecule has 2 nitrogen and oxygen atoms in total. The van der Waals surface area contributed by atoms with E-state index in [1.165, 1.54) is 6.07 Å². The Balaban J connectivity index is 2.37. The largest absolute Gasteiger partial charge is 0.373 e. The summed E-state index contributed by atoms with van der Waals surface area (Å²) in [6, 6.07) is 4.90. The van der Waals surface area contributed by atoms with Gasteiger partial charge in [-0.2, -0.15) is 0 Å². The van der Waals surface area contributed by atoms with Gasteiger partial charge in [-0.05, 0) is 45.0 Å². The Kier molecular flexibility index (Phi) is 3.85. The molecule has 0 aromatic heterocycles. The highest BCUT2D eigenvalue weighted by molar-refractivity contribution is 9.10. The fourth-order valence-corrected chi connectivity index (χ4v) is 2.93. The number of likely N-dealkylation sites (N-methyl/N-ethyl adjacent to an activating group) is 1. The normalized spacial score (nSPS) is 26.1. The van der Waals surface area contributed by atoms with Crippen LogP contribution in [0.3, 0.4) is 0 Å². The highest BCUT2D eigenvalue weighted by Gasteiger charge is 2.39. The minimum Gasteiger partial charge on any atom is -0.373 e. The van der Waals surface area contributed by atoms with Crippen molar-refractivity contribution >= 4 is 15.9 Å². The zero-order valence-electron chi connectivity index (χ0n) is 10.1. The molecule has 0 amide bonds. The Morgan fingerprint density at radius 3 is 2.88 bits per heavy atom. The maximum absolute atomic E-state index is 13.9. The maximum atomic E-state index is 13.9. The van der Waals surface area contributed by atoms with Gasteiger partial charge in [-0.25, -0.2) is 4.39 Å². The summed E-state index contributed by atoms with van der Waals surface area (Å²) in [5.41, 5.74) is 0.336. The van der Waals surface area contributed by atoms with Crippen LogP contribution in [0, 0.1) is 5.82 Å². The van der Waals surface area contributed by atoms with Crippen molar-refractivity contribution in [2.75, 3.05) is 13.7 Å². The first-order valence-corrected chi connectivity index (χ1v) is 6.62. The number of nitrogens with one attached hydrogen (secondary N) is 1. The molecule has 0 bridgehead atoms. The quantitative estimate of drug-likeness (QED) is 0.924. The SMILES string of the molecule is CNC(c1cc(Br)ccc1F)C1(C)CCCO1. The molecule has 1 fully saturated rings. The van der Waals surface area contributed by atoms with Gasteiger partial charge in [-0.3, -0.25) is 0 Å². The summed E-state index contributed by atoms with van der Waals surface area (Å²) in [4.78, 5) is 0. The molecule has 2 unspecified atom stereocenters. The molecule has 1 aromatic rings. The van der Waals surface area contributed by atoms with E-state index in [9.17, 15) is 4.39 Å². The highest BCUT2D eigenvalue weighted by Crippen LogP contribution is 2.38. The van der Waals surface area contributed by atoms with Crippen molar-refractivity contribution in [2.45, 2.75) is 31.4 Å². The Labute approximate surface area is 110 Å². The minimum atomic E-state index is -0.323. The summed E-state index contributed by atoms with van der Waals surface area (Å²) in [5.74, 6) is -0.190. The summed E-state index contributed by atoms with van der Waals surface area (Å²) in [6.45, 7) is 2.80. The molecule has 2 atom stereocenters. The van der Waals surface area contributed by atoms with Crippen LogP contribution < -0.4 is 5.32 Å². The van der Waals surface area contributed by atoms with Crippen LogP contribution in [0.4, 0.5) is 4.39 Å². The number of hydrogen-bond acceptors (Lipinski definition) is 2. The Bertz CT molecular complexity index is 404. The van der Waals surface area contributed by atoms with Gasteiger partial charge in [-0.15, -0.1) is 0 Å². The van der Waals surface area contributed by atoms with Crippen molar-refractivity contribution in [3.8, 4) is 0 Å². The second-order valence-corrected chi connectivity index (χ2v) is 5.57. The fourth-order valence-electron chi connectivity index (χ4n) is 2.55. The molecule has 2 rings (SSSR count). The molecule has 1 aliphatic heterocycles. The third-order valence-corrected chi connectivity index (χ3v) is 3.91. The van der Waals surface area contributed by atoms with Crippen LogP contribution in [-0.2, 0) is 4.74 Å². The van der Waals surface area contributed by atoms with Crippen LogP contribution in [0.5, 0.6) is 0 Å². The third-order valence-electron chi connectivity index (χ3n) is 3.42. The molecular formula is C13H17BrFNO. The van der Waals surface area contributed by atoms with Crippen molar-refractivity contribution in [1.82, 2.24) is 5.32 Å². The summed E-state index contributed by atoms with van der Waals surface area (Å²) in [7, 11) is 1.85. The highest BCUT2D eigenvalue weighted by atomic mass is 79.9. The standard InChI is InChI=1S/C13H17BrFNO/c1-13(6-3-7-17-13)12(16-2)10-8-9(14)4-5-11(10)15/h4-5,8,12,16H,3,6-7H2,1-2H3. The predicted molar refractivity (Wildman–Crippen MR) is 69.5 cm³/mol. The first-order valence-electron chi connectivity index (χ1n) is 5.83. The molecular weight excluding hydrogens is 285 g/mol. The smallest absolute Gasteiger partial charge is 0.128 e. The lowest BCUT2D eigenvalue weighted by molar-refractivity contribution is -0.0114. The van der Waals surface area contributed by atoms with Gasteiger partial charge in [0.2, 0.25) is 0 Å². The van der Waals surface area contributed by atoms with Gasteiger partial charge in [-0.1, -0.05) is 15.9 Å². The second kappa shape index (κ2) is 5.04. The number of halogens is 2. The lowest BCUT2D eigenvalue weighted by atomic mass is 9.87. The topological polar surface area (TPSA) is 21.3 Å². The van der Waals surface area contributed by atoms with Crippen molar-refractivity contribution < 1.29 is 9.13 Å². The van der Waals surface area contributed by atoms with Crippen LogP contribution in [0.15, 0.2) is 22.7 Å². The van der Waals surface area contributed by atoms with E-state index in [0.717, 1.165) is 23.9 Å². The van der Waals surface area contributed by atoms with E-state index >= 15 is 0 Å². The first-order chi connectivity index (χ1) is 8.07. The van der Waals surface area contributed by atoms with Crippen LogP contribution in [0.25, 0.3) is 0 Å². The summed E-state index contributed by atoms with van der Waals surface area (Å²) in [6.07, 6.45) is 1.98. The molecule has 4 heteroatoms. The van der Waals surface area contributed by atoms with Gasteiger partial charge in [0.1, 0.15) is 5.82 Å². The maximum Gasteiger partial charge on any atom is 0.128 e. The number of benzene rings is 1. The van der Waals surface area contributed by atoms with E-state index in [1.54, 1.807) is 6.07 Å². The van der Waals surface area contributed by atoms with Gasteiger partial charge in [0.15, 0.2) is 0 Å². The van der Waals surface area contributed by atoms with Gasteiger partial charge in [0.25, 0.3) is 0 Å². The second-order valence-electron chi connectivity index (χ2n) is 4.65. The average molecular weight is 302 g/mol. The van der Waals surface area contributed by atoms with Crippen LogP contribution in [-0.4, -0.2) is 19.3 Å². The molecule has 94 valence electrons. The average Bonchev–Trinajstić information content (AvgIpc) is 2.72. The number of rotatable bonds is 3. The molecule has 17 heavy (non-hydrogen) atoms. The monoisotopic (exact) mass is 301 g/mol. The van der Waals surface area contributed by atoms with E-state index in [4.69, 9.17) is 4.74 Å². The Morgan fingerprint density at radius 2 is 2.29 bits per heavy atom. The lowest BCUT2D eigenvalue weighted by Crippen LogP contribution is -2.40. The Morgan fingerprint density at radius 1 is 1.53 bits per heavy atom. The zero-order chi connectivity index (χ0) is 12.5. The van der Waals surface area contributed by atoms with Gasteiger partial charge in [0, 0.05) is 16.6 Å². The van der Waals surface area contributed by atoms with E-state index in [-0.39, 0.29) is 17.5 Å². The van der Waals surface area contributed by atoms with Crippen LogP contribution >= 0.6 is 15.9 Å². The number of hydrogen-bond donors (Lipinski definition) is 1. The van der Waals surface area contributed by atoms with Crippen LogP contribution in [0.2, 0.25) is 0 Å². The first kappa shape index (κ1) is 13.0. The van der Waals surface area contributed by atoms with Crippen LogP contribution in [0.1, 0.15) is 31.4 Å². The third kappa shape index (κ3) is 2.54. The van der Waals surface area contributed by atoms with Crippen molar-refractivity contribution in [2.24, 2.45) is 0 Å². The van der Waals surface area contributed by atoms with Gasteiger partial charge < -0.3 is 10.1 Å². The minimum absolute atomic E-state index is 0.123. The molecule has 0 saturated carbocycles. The predicted octanol–water partition coefficient (Wildman–Crippen LogP) is 3.42. The van der Waals surface area contributed by atoms with Gasteiger partial charge in [0.05, 0.1) is 11.6 Å². The summed E-state index contributed by atoms with van der Waals surface area (Å²) < 4.78 is 20.6. The van der Waals surface area contributed by atoms with Crippen molar-refractivity contribution in [1.29, 1.82) is 0 Å². The van der Waals surface area contributed by atoms with Gasteiger partial charge >= 0.3 is 0 Å².